The van der Waals surface area contributed by atoms with Crippen molar-refractivity contribution in [2.75, 3.05) is 13.2 Å². The second-order valence-corrected chi connectivity index (χ2v) is 27.1. The number of hydrogen-bond acceptors (Lipinski definition) is 5. The van der Waals surface area contributed by atoms with Crippen molar-refractivity contribution >= 4 is 11.9 Å². The van der Waals surface area contributed by atoms with Gasteiger partial charge in [-0.3, -0.25) is 9.59 Å². The van der Waals surface area contributed by atoms with Crippen molar-refractivity contribution in [1.82, 2.24) is 5.32 Å². The van der Waals surface area contributed by atoms with Crippen molar-refractivity contribution in [3.05, 3.63) is 12.2 Å². The second-order valence-electron chi connectivity index (χ2n) is 27.1. The summed E-state index contributed by atoms with van der Waals surface area (Å²) >= 11 is 0. The van der Waals surface area contributed by atoms with E-state index in [0.29, 0.717) is 19.4 Å². The number of amides is 1. The molecule has 84 heavy (non-hydrogen) atoms. The summed E-state index contributed by atoms with van der Waals surface area (Å²) in [6.07, 6.45) is 93.2. The van der Waals surface area contributed by atoms with Gasteiger partial charge in [-0.1, -0.05) is 418 Å². The molecule has 0 heterocycles. The Bertz CT molecular complexity index is 1270. The first-order valence-electron chi connectivity index (χ1n) is 39.0. The normalized spacial score (nSPS) is 12.5. The fourth-order valence-corrected chi connectivity index (χ4v) is 12.6. The molecule has 0 radical (unpaired) electrons. The molecule has 500 valence electrons. The predicted molar refractivity (Wildman–Crippen MR) is 370 cm³/mol. The molecule has 0 fully saturated rings. The van der Waals surface area contributed by atoms with Gasteiger partial charge in [-0.25, -0.2) is 0 Å². The van der Waals surface area contributed by atoms with Crippen LogP contribution < -0.4 is 5.32 Å². The van der Waals surface area contributed by atoms with E-state index in [-0.39, 0.29) is 18.5 Å². The molecule has 0 aliphatic rings. The Morgan fingerprint density at radius 1 is 0.321 bits per heavy atom. The summed E-state index contributed by atoms with van der Waals surface area (Å²) in [5, 5.41) is 23.3. The molecule has 0 aromatic carbocycles. The number of rotatable bonds is 74. The summed E-state index contributed by atoms with van der Waals surface area (Å²) in [5.41, 5.74) is 0. The highest BCUT2D eigenvalue weighted by Gasteiger charge is 2.18. The van der Waals surface area contributed by atoms with Crippen LogP contribution in [0.3, 0.4) is 0 Å². The summed E-state index contributed by atoms with van der Waals surface area (Å²) in [6, 6.07) is -0.627. The lowest BCUT2D eigenvalue weighted by atomic mass is 10.0. The van der Waals surface area contributed by atoms with Crippen LogP contribution in [0.5, 0.6) is 0 Å². The number of unbranched alkanes of at least 4 members (excludes halogenated alkanes) is 63. The Hall–Kier alpha value is -1.40. The maximum absolute atomic E-state index is 12.5. The highest BCUT2D eigenvalue weighted by Crippen LogP contribution is 2.20. The topological polar surface area (TPSA) is 95.9 Å². The van der Waals surface area contributed by atoms with Gasteiger partial charge in [-0.05, 0) is 32.1 Å². The molecular formula is C78H153NO5. The summed E-state index contributed by atoms with van der Waals surface area (Å²) < 4.78 is 5.52. The third-order valence-corrected chi connectivity index (χ3v) is 18.6. The molecule has 0 rings (SSSR count). The Labute approximate surface area is 527 Å². The number of allylic oxidation sites excluding steroid dienone is 1. The van der Waals surface area contributed by atoms with E-state index in [1.54, 1.807) is 6.08 Å². The van der Waals surface area contributed by atoms with Crippen LogP contribution in [0.1, 0.15) is 450 Å². The van der Waals surface area contributed by atoms with E-state index in [0.717, 1.165) is 38.5 Å². The number of carbonyl (C=O) groups excluding carboxylic acids is 2. The Kier molecular flexibility index (Phi) is 72.8. The zero-order valence-electron chi connectivity index (χ0n) is 57.4. The molecule has 0 spiro atoms. The predicted octanol–water partition coefficient (Wildman–Crippen LogP) is 25.5. The van der Waals surface area contributed by atoms with E-state index in [9.17, 15) is 19.8 Å². The highest BCUT2D eigenvalue weighted by molar-refractivity contribution is 5.76. The van der Waals surface area contributed by atoms with Crippen molar-refractivity contribution in [3.63, 3.8) is 0 Å². The van der Waals surface area contributed by atoms with Crippen molar-refractivity contribution < 1.29 is 24.5 Å². The van der Waals surface area contributed by atoms with E-state index in [4.69, 9.17) is 4.74 Å². The van der Waals surface area contributed by atoms with E-state index < -0.39 is 12.1 Å². The van der Waals surface area contributed by atoms with Crippen LogP contribution in [0, 0.1) is 0 Å². The molecule has 0 aromatic heterocycles. The first-order valence-corrected chi connectivity index (χ1v) is 39.0. The smallest absolute Gasteiger partial charge is 0.305 e. The van der Waals surface area contributed by atoms with E-state index >= 15 is 0 Å². The molecule has 2 unspecified atom stereocenters. The molecule has 6 nitrogen and oxygen atoms in total. The lowest BCUT2D eigenvalue weighted by Gasteiger charge is -2.20. The van der Waals surface area contributed by atoms with E-state index in [2.05, 4.69) is 19.2 Å². The van der Waals surface area contributed by atoms with Gasteiger partial charge < -0.3 is 20.3 Å². The minimum atomic E-state index is -0.844. The number of carbonyl (C=O) groups is 2. The molecule has 0 aliphatic heterocycles. The van der Waals surface area contributed by atoms with Crippen LogP contribution in [0.4, 0.5) is 0 Å². The Morgan fingerprint density at radius 2 is 0.548 bits per heavy atom. The summed E-state index contributed by atoms with van der Waals surface area (Å²) in [4.78, 5) is 24.7. The van der Waals surface area contributed by atoms with Gasteiger partial charge >= 0.3 is 5.97 Å². The average molecular weight is 1190 g/mol. The van der Waals surface area contributed by atoms with Crippen LogP contribution in [0.15, 0.2) is 12.2 Å². The number of aliphatic hydroxyl groups excluding tert-OH is 2. The third-order valence-electron chi connectivity index (χ3n) is 18.6. The molecule has 0 bridgehead atoms. The zero-order valence-corrected chi connectivity index (χ0v) is 57.4. The van der Waals surface area contributed by atoms with Gasteiger partial charge in [0, 0.05) is 12.8 Å². The number of esters is 1. The zero-order chi connectivity index (χ0) is 60.6. The molecule has 1 amide bonds. The minimum Gasteiger partial charge on any atom is -0.466 e. The summed E-state index contributed by atoms with van der Waals surface area (Å²) in [6.45, 7) is 4.97. The minimum absolute atomic E-state index is 0.0227. The third kappa shape index (κ3) is 69.7. The Morgan fingerprint density at radius 3 is 0.810 bits per heavy atom. The largest absolute Gasteiger partial charge is 0.466 e. The second kappa shape index (κ2) is 74.1. The van der Waals surface area contributed by atoms with Crippen LogP contribution >= 0.6 is 0 Å². The highest BCUT2D eigenvalue weighted by atomic mass is 16.5. The lowest BCUT2D eigenvalue weighted by molar-refractivity contribution is -0.143. The van der Waals surface area contributed by atoms with Crippen LogP contribution in [-0.4, -0.2) is 47.4 Å². The average Bonchev–Trinajstić information content (AvgIpc) is 3.51. The van der Waals surface area contributed by atoms with Gasteiger partial charge in [0.25, 0.3) is 0 Å². The maximum atomic E-state index is 12.5. The van der Waals surface area contributed by atoms with Crippen molar-refractivity contribution in [2.45, 2.75) is 463 Å². The van der Waals surface area contributed by atoms with Gasteiger partial charge in [0.1, 0.15) is 0 Å². The molecular weight excluding hydrogens is 1030 g/mol. The number of ether oxygens (including phenoxy) is 1. The fourth-order valence-electron chi connectivity index (χ4n) is 12.6. The lowest BCUT2D eigenvalue weighted by Crippen LogP contribution is -2.45. The van der Waals surface area contributed by atoms with Gasteiger partial charge in [0.2, 0.25) is 5.91 Å². The summed E-state index contributed by atoms with van der Waals surface area (Å²) in [7, 11) is 0. The molecule has 0 saturated heterocycles. The van der Waals surface area contributed by atoms with Crippen LogP contribution in [-0.2, 0) is 14.3 Å². The number of aliphatic hydroxyl groups is 2. The van der Waals surface area contributed by atoms with Crippen molar-refractivity contribution in [1.29, 1.82) is 0 Å². The van der Waals surface area contributed by atoms with Crippen LogP contribution in [0.2, 0.25) is 0 Å². The van der Waals surface area contributed by atoms with Gasteiger partial charge in [-0.15, -0.1) is 0 Å². The maximum Gasteiger partial charge on any atom is 0.305 e. The summed E-state index contributed by atoms with van der Waals surface area (Å²) in [5.74, 6) is -0.0375. The molecule has 3 N–H and O–H groups in total. The van der Waals surface area contributed by atoms with E-state index in [1.807, 2.05) is 6.08 Å². The number of nitrogens with one attached hydrogen (secondary N) is 1. The first kappa shape index (κ1) is 82.6. The molecule has 0 aliphatic carbocycles. The van der Waals surface area contributed by atoms with E-state index in [1.165, 1.54) is 385 Å². The fraction of sp³-hybridized carbons (Fsp3) is 0.949. The molecule has 0 saturated carbocycles. The van der Waals surface area contributed by atoms with Crippen molar-refractivity contribution in [2.24, 2.45) is 0 Å². The quantitative estimate of drug-likeness (QED) is 0.0320. The standard InChI is InChI=1S/C78H153NO5/c1-3-5-7-9-11-13-15-17-19-21-23-24-29-32-35-38-42-46-50-54-58-62-66-70-76(81)75(74-80)79-77(82)71-67-63-59-55-51-47-43-39-36-33-30-27-25-26-28-31-34-37-41-45-49-53-57-61-65-69-73-84-78(83)72-68-64-60-56-52-48-44-40-22-20-18-16-14-12-10-8-6-4-2/h66,70,75-76,80-81H,3-65,67-69,71-74H2,1-2H3,(H,79,82)/b70-66+. The van der Waals surface area contributed by atoms with Gasteiger partial charge in [-0.2, -0.15) is 0 Å². The SMILES string of the molecule is CCCCCCCCCCCCCCCCCCCCCCC/C=C/C(O)C(CO)NC(=O)CCCCCCCCCCCCCCCCCCCCCCCCCCCCOC(=O)CCCCCCCCCCCCCCCCCCCC. The Balaban J connectivity index is 3.36. The first-order chi connectivity index (χ1) is 41.5. The molecule has 6 heteroatoms. The van der Waals surface area contributed by atoms with Crippen LogP contribution in [0.25, 0.3) is 0 Å². The monoisotopic (exact) mass is 1180 g/mol. The molecule has 2 atom stereocenters. The van der Waals surface area contributed by atoms with Gasteiger partial charge in [0.15, 0.2) is 0 Å². The molecule has 0 aromatic rings. The van der Waals surface area contributed by atoms with Crippen molar-refractivity contribution in [3.8, 4) is 0 Å². The number of hydrogen-bond donors (Lipinski definition) is 3. The van der Waals surface area contributed by atoms with Gasteiger partial charge in [0.05, 0.1) is 25.4 Å².